The Morgan fingerprint density at radius 2 is 2.12 bits per heavy atom. The normalized spacial score (nSPS) is 17.3. The van der Waals surface area contributed by atoms with Gasteiger partial charge in [0.05, 0.1) is 6.61 Å². The molecular formula is C18H19FN2O3. The molecule has 24 heavy (non-hydrogen) atoms. The lowest BCUT2D eigenvalue weighted by molar-refractivity contribution is -0.128. The van der Waals surface area contributed by atoms with E-state index in [0.717, 1.165) is 12.1 Å². The van der Waals surface area contributed by atoms with Gasteiger partial charge in [-0.2, -0.15) is 0 Å². The molecule has 0 radical (unpaired) electrons. The molecule has 1 unspecified atom stereocenters. The summed E-state index contributed by atoms with van der Waals surface area (Å²) < 4.78 is 24.0. The van der Waals surface area contributed by atoms with Gasteiger partial charge < -0.3 is 20.1 Å². The number of hydrogen-bond donors (Lipinski definition) is 2. The number of amides is 1. The molecule has 6 heteroatoms. The van der Waals surface area contributed by atoms with Crippen molar-refractivity contribution in [3.8, 4) is 5.75 Å². The van der Waals surface area contributed by atoms with Crippen molar-refractivity contribution in [2.45, 2.75) is 12.7 Å². The number of hydrogen-bond acceptors (Lipinski definition) is 4. The number of nitrogens with one attached hydrogen (secondary N) is 2. The molecule has 2 N–H and O–H groups in total. The minimum atomic E-state index is -0.484. The van der Waals surface area contributed by atoms with Crippen LogP contribution in [0, 0.1) is 5.82 Å². The number of carbonyl (C=O) groups is 1. The molecule has 2 aromatic rings. The first-order chi connectivity index (χ1) is 11.7. The highest BCUT2D eigenvalue weighted by Gasteiger charge is 2.21. The number of carbonyl (C=O) groups excluding carboxylic acids is 1. The fourth-order valence-electron chi connectivity index (χ4n) is 2.37. The highest BCUT2D eigenvalue weighted by Crippen LogP contribution is 2.19. The second kappa shape index (κ2) is 7.90. The molecule has 5 nitrogen and oxygen atoms in total. The van der Waals surface area contributed by atoms with Gasteiger partial charge in [0.1, 0.15) is 24.3 Å². The molecule has 0 spiro atoms. The van der Waals surface area contributed by atoms with Crippen molar-refractivity contribution in [1.29, 1.82) is 0 Å². The van der Waals surface area contributed by atoms with Crippen LogP contribution in [0.4, 0.5) is 10.1 Å². The van der Waals surface area contributed by atoms with Gasteiger partial charge in [0.15, 0.2) is 0 Å². The standard InChI is InChI=1S/C18H19FN2O3/c19-14-6-4-13(5-7-14)12-24-16-3-1-2-15(10-16)21-18(22)17-11-20-8-9-23-17/h1-7,10,17,20H,8-9,11-12H2,(H,21,22). The van der Waals surface area contributed by atoms with Gasteiger partial charge in [0.25, 0.3) is 5.91 Å². The minimum Gasteiger partial charge on any atom is -0.489 e. The van der Waals surface area contributed by atoms with E-state index in [2.05, 4.69) is 10.6 Å². The molecule has 1 fully saturated rings. The number of benzene rings is 2. The topological polar surface area (TPSA) is 59.6 Å². The molecular weight excluding hydrogens is 311 g/mol. The third-order valence-corrected chi connectivity index (χ3v) is 3.64. The monoisotopic (exact) mass is 330 g/mol. The maximum Gasteiger partial charge on any atom is 0.254 e. The van der Waals surface area contributed by atoms with Gasteiger partial charge >= 0.3 is 0 Å². The van der Waals surface area contributed by atoms with Crippen LogP contribution in [0.1, 0.15) is 5.56 Å². The Balaban J connectivity index is 1.57. The van der Waals surface area contributed by atoms with Crippen molar-refractivity contribution in [3.05, 3.63) is 59.9 Å². The molecule has 1 aliphatic rings. The Labute approximate surface area is 139 Å². The van der Waals surface area contributed by atoms with Crippen LogP contribution < -0.4 is 15.4 Å². The largest absolute Gasteiger partial charge is 0.489 e. The highest BCUT2D eigenvalue weighted by atomic mass is 19.1. The molecule has 3 rings (SSSR count). The van der Waals surface area contributed by atoms with Gasteiger partial charge in [-0.25, -0.2) is 4.39 Å². The second-order valence-corrected chi connectivity index (χ2v) is 5.50. The van der Waals surface area contributed by atoms with Gasteiger partial charge in [0, 0.05) is 24.8 Å². The van der Waals surface area contributed by atoms with Crippen molar-refractivity contribution < 1.29 is 18.7 Å². The van der Waals surface area contributed by atoms with Crippen molar-refractivity contribution in [1.82, 2.24) is 5.32 Å². The van der Waals surface area contributed by atoms with E-state index in [1.807, 2.05) is 0 Å². The lowest BCUT2D eigenvalue weighted by Crippen LogP contribution is -2.45. The summed E-state index contributed by atoms with van der Waals surface area (Å²) in [6.45, 7) is 2.12. The molecule has 0 saturated carbocycles. The summed E-state index contributed by atoms with van der Waals surface area (Å²) in [7, 11) is 0. The Morgan fingerprint density at radius 3 is 2.88 bits per heavy atom. The van der Waals surface area contributed by atoms with E-state index in [-0.39, 0.29) is 11.7 Å². The van der Waals surface area contributed by atoms with Crippen LogP contribution >= 0.6 is 0 Å². The van der Waals surface area contributed by atoms with E-state index in [4.69, 9.17) is 9.47 Å². The molecule has 0 bridgehead atoms. The zero-order chi connectivity index (χ0) is 16.8. The smallest absolute Gasteiger partial charge is 0.254 e. The van der Waals surface area contributed by atoms with Gasteiger partial charge in [-0.3, -0.25) is 4.79 Å². The van der Waals surface area contributed by atoms with Crippen LogP contribution in [0.3, 0.4) is 0 Å². The maximum absolute atomic E-state index is 12.9. The average molecular weight is 330 g/mol. The summed E-state index contributed by atoms with van der Waals surface area (Å²) in [6.07, 6.45) is -0.484. The first kappa shape index (κ1) is 16.4. The predicted octanol–water partition coefficient (Wildman–Crippen LogP) is 2.33. The highest BCUT2D eigenvalue weighted by molar-refractivity contribution is 5.94. The van der Waals surface area contributed by atoms with Gasteiger partial charge in [-0.1, -0.05) is 18.2 Å². The Bertz CT molecular complexity index is 685. The maximum atomic E-state index is 12.9. The fraction of sp³-hybridized carbons (Fsp3) is 0.278. The van der Waals surface area contributed by atoms with Crippen LogP contribution in [0.5, 0.6) is 5.75 Å². The summed E-state index contributed by atoms with van der Waals surface area (Å²) in [6, 6.07) is 13.3. The van der Waals surface area contributed by atoms with Gasteiger partial charge in [-0.05, 0) is 29.8 Å². The van der Waals surface area contributed by atoms with Crippen LogP contribution in [0.25, 0.3) is 0 Å². The molecule has 0 aromatic heterocycles. The molecule has 1 atom stereocenters. The van der Waals surface area contributed by atoms with Crippen LogP contribution in [-0.4, -0.2) is 31.7 Å². The Hall–Kier alpha value is -2.44. The number of morpholine rings is 1. The predicted molar refractivity (Wildman–Crippen MR) is 88.4 cm³/mol. The third-order valence-electron chi connectivity index (χ3n) is 3.64. The molecule has 0 aliphatic carbocycles. The van der Waals surface area contributed by atoms with Crippen LogP contribution in [0.2, 0.25) is 0 Å². The van der Waals surface area contributed by atoms with Crippen LogP contribution in [-0.2, 0) is 16.1 Å². The van der Waals surface area contributed by atoms with E-state index in [1.54, 1.807) is 36.4 Å². The summed E-state index contributed by atoms with van der Waals surface area (Å²) >= 11 is 0. The third kappa shape index (κ3) is 4.53. The molecule has 1 saturated heterocycles. The molecule has 1 amide bonds. The second-order valence-electron chi connectivity index (χ2n) is 5.50. The lowest BCUT2D eigenvalue weighted by Gasteiger charge is -2.22. The lowest BCUT2D eigenvalue weighted by atomic mass is 10.2. The first-order valence-electron chi connectivity index (χ1n) is 7.81. The first-order valence-corrected chi connectivity index (χ1v) is 7.81. The minimum absolute atomic E-state index is 0.183. The van der Waals surface area contributed by atoms with E-state index in [9.17, 15) is 9.18 Å². The average Bonchev–Trinajstić information content (AvgIpc) is 2.62. The number of rotatable bonds is 5. The van der Waals surface area contributed by atoms with E-state index in [1.165, 1.54) is 12.1 Å². The van der Waals surface area contributed by atoms with E-state index < -0.39 is 6.10 Å². The van der Waals surface area contributed by atoms with Crippen LogP contribution in [0.15, 0.2) is 48.5 Å². The van der Waals surface area contributed by atoms with E-state index >= 15 is 0 Å². The number of ether oxygens (including phenoxy) is 2. The summed E-state index contributed by atoms with van der Waals surface area (Å²) in [5.74, 6) is 0.167. The summed E-state index contributed by atoms with van der Waals surface area (Å²) in [4.78, 5) is 12.1. The molecule has 1 aliphatic heterocycles. The molecule has 1 heterocycles. The van der Waals surface area contributed by atoms with Crippen molar-refractivity contribution in [2.24, 2.45) is 0 Å². The summed E-state index contributed by atoms with van der Waals surface area (Å²) in [5.41, 5.74) is 1.51. The Morgan fingerprint density at radius 1 is 1.29 bits per heavy atom. The molecule has 2 aromatic carbocycles. The fourth-order valence-corrected chi connectivity index (χ4v) is 2.37. The van der Waals surface area contributed by atoms with Gasteiger partial charge in [0.2, 0.25) is 0 Å². The quantitative estimate of drug-likeness (QED) is 0.883. The SMILES string of the molecule is O=C(Nc1cccc(OCc2ccc(F)cc2)c1)C1CNCCO1. The Kier molecular flexibility index (Phi) is 5.40. The zero-order valence-corrected chi connectivity index (χ0v) is 13.1. The van der Waals surface area contributed by atoms with Crippen molar-refractivity contribution in [3.63, 3.8) is 0 Å². The number of halogens is 1. The number of anilines is 1. The molecule has 126 valence electrons. The van der Waals surface area contributed by atoms with E-state index in [0.29, 0.717) is 31.2 Å². The summed E-state index contributed by atoms with van der Waals surface area (Å²) in [5, 5.41) is 5.94. The van der Waals surface area contributed by atoms with Crippen molar-refractivity contribution in [2.75, 3.05) is 25.0 Å². The van der Waals surface area contributed by atoms with Crippen molar-refractivity contribution >= 4 is 11.6 Å². The zero-order valence-electron chi connectivity index (χ0n) is 13.1. The van der Waals surface area contributed by atoms with Gasteiger partial charge in [-0.15, -0.1) is 0 Å².